The Labute approximate surface area is 121 Å². The standard InChI is InChI=1S/C15H26N4O/c1-12(2)7-5-3-4-6-9-18-15(20)14-11-13(19-16)8-10-17-14/h8,10-12H,3-7,9,16H2,1-2H3,(H,17,19)(H,18,20). The number of amides is 1. The van der Waals surface area contributed by atoms with Crippen molar-refractivity contribution >= 4 is 11.6 Å². The van der Waals surface area contributed by atoms with Gasteiger partial charge in [0.05, 0.1) is 5.69 Å². The minimum Gasteiger partial charge on any atom is -0.351 e. The van der Waals surface area contributed by atoms with Crippen molar-refractivity contribution in [1.29, 1.82) is 0 Å². The molecule has 112 valence electrons. The zero-order valence-corrected chi connectivity index (χ0v) is 12.5. The van der Waals surface area contributed by atoms with Crippen molar-refractivity contribution in [2.45, 2.75) is 46.0 Å². The highest BCUT2D eigenvalue weighted by molar-refractivity contribution is 5.93. The van der Waals surface area contributed by atoms with Crippen LogP contribution in [0.15, 0.2) is 18.3 Å². The summed E-state index contributed by atoms with van der Waals surface area (Å²) in [6.45, 7) is 5.19. The lowest BCUT2D eigenvalue weighted by Crippen LogP contribution is -2.25. The predicted molar refractivity (Wildman–Crippen MR) is 82.3 cm³/mol. The van der Waals surface area contributed by atoms with Crippen LogP contribution < -0.4 is 16.6 Å². The number of anilines is 1. The number of carbonyl (C=O) groups excluding carboxylic acids is 1. The molecule has 5 heteroatoms. The molecule has 0 aromatic carbocycles. The fourth-order valence-corrected chi connectivity index (χ4v) is 1.97. The summed E-state index contributed by atoms with van der Waals surface area (Å²) in [5.41, 5.74) is 3.57. The van der Waals surface area contributed by atoms with Crippen LogP contribution in [0.25, 0.3) is 0 Å². The molecule has 0 radical (unpaired) electrons. The molecule has 4 N–H and O–H groups in total. The van der Waals surface area contributed by atoms with Gasteiger partial charge < -0.3 is 10.7 Å². The second-order valence-corrected chi connectivity index (χ2v) is 5.43. The summed E-state index contributed by atoms with van der Waals surface area (Å²) in [5.74, 6) is 5.93. The molecular formula is C15H26N4O. The number of nitrogens with zero attached hydrogens (tertiary/aromatic N) is 1. The lowest BCUT2D eigenvalue weighted by molar-refractivity contribution is 0.0948. The first-order valence-electron chi connectivity index (χ1n) is 7.34. The van der Waals surface area contributed by atoms with Gasteiger partial charge in [-0.25, -0.2) is 0 Å². The number of nitrogen functional groups attached to an aromatic ring is 1. The maximum absolute atomic E-state index is 11.8. The van der Waals surface area contributed by atoms with Crippen molar-refractivity contribution < 1.29 is 4.79 Å². The highest BCUT2D eigenvalue weighted by atomic mass is 16.1. The van der Waals surface area contributed by atoms with Crippen molar-refractivity contribution in [2.24, 2.45) is 11.8 Å². The van der Waals surface area contributed by atoms with E-state index in [1.807, 2.05) is 0 Å². The van der Waals surface area contributed by atoms with Crippen LogP contribution in [0.4, 0.5) is 5.69 Å². The van der Waals surface area contributed by atoms with Crippen LogP contribution in [0, 0.1) is 5.92 Å². The SMILES string of the molecule is CC(C)CCCCCCNC(=O)c1cc(NN)ccn1. The van der Waals surface area contributed by atoms with Gasteiger partial charge in [-0.05, 0) is 24.5 Å². The number of pyridine rings is 1. The van der Waals surface area contributed by atoms with Crippen LogP contribution in [0.5, 0.6) is 0 Å². The van der Waals surface area contributed by atoms with E-state index in [1.165, 1.54) is 19.3 Å². The minimum atomic E-state index is -0.149. The highest BCUT2D eigenvalue weighted by Gasteiger charge is 2.06. The molecule has 5 nitrogen and oxygen atoms in total. The molecule has 0 fully saturated rings. The lowest BCUT2D eigenvalue weighted by atomic mass is 10.0. The zero-order valence-electron chi connectivity index (χ0n) is 12.5. The van der Waals surface area contributed by atoms with Crippen LogP contribution >= 0.6 is 0 Å². The largest absolute Gasteiger partial charge is 0.351 e. The van der Waals surface area contributed by atoms with Gasteiger partial charge in [0.15, 0.2) is 0 Å². The van der Waals surface area contributed by atoms with Crippen molar-refractivity contribution in [3.8, 4) is 0 Å². The molecule has 0 atom stereocenters. The normalized spacial score (nSPS) is 10.6. The number of hydrogen-bond acceptors (Lipinski definition) is 4. The monoisotopic (exact) mass is 278 g/mol. The first-order chi connectivity index (χ1) is 9.63. The molecular weight excluding hydrogens is 252 g/mol. The smallest absolute Gasteiger partial charge is 0.269 e. The Kier molecular flexibility index (Phi) is 7.65. The third-order valence-corrected chi connectivity index (χ3v) is 3.15. The topological polar surface area (TPSA) is 80.0 Å². The van der Waals surface area contributed by atoms with E-state index in [0.29, 0.717) is 17.9 Å². The molecule has 0 unspecified atom stereocenters. The summed E-state index contributed by atoms with van der Waals surface area (Å²) in [6.07, 6.45) is 7.53. The van der Waals surface area contributed by atoms with E-state index < -0.39 is 0 Å². The van der Waals surface area contributed by atoms with Gasteiger partial charge in [0, 0.05) is 12.7 Å². The third-order valence-electron chi connectivity index (χ3n) is 3.15. The molecule has 20 heavy (non-hydrogen) atoms. The molecule has 1 aromatic rings. The van der Waals surface area contributed by atoms with Gasteiger partial charge in [0.1, 0.15) is 5.69 Å². The fourth-order valence-electron chi connectivity index (χ4n) is 1.97. The molecule has 0 spiro atoms. The second-order valence-electron chi connectivity index (χ2n) is 5.43. The second kappa shape index (κ2) is 9.31. The van der Waals surface area contributed by atoms with Gasteiger partial charge in [-0.1, -0.05) is 39.5 Å². The number of unbranched alkanes of at least 4 members (excludes halogenated alkanes) is 3. The van der Waals surface area contributed by atoms with E-state index in [-0.39, 0.29) is 5.91 Å². The maximum Gasteiger partial charge on any atom is 0.269 e. The van der Waals surface area contributed by atoms with Gasteiger partial charge in [-0.3, -0.25) is 15.6 Å². The van der Waals surface area contributed by atoms with E-state index in [4.69, 9.17) is 5.84 Å². The molecule has 1 heterocycles. The fraction of sp³-hybridized carbons (Fsp3) is 0.600. The van der Waals surface area contributed by atoms with E-state index >= 15 is 0 Å². The minimum absolute atomic E-state index is 0.149. The predicted octanol–water partition coefficient (Wildman–Crippen LogP) is 2.70. The number of nitrogens with one attached hydrogen (secondary N) is 2. The Morgan fingerprint density at radius 2 is 2.05 bits per heavy atom. The van der Waals surface area contributed by atoms with Gasteiger partial charge >= 0.3 is 0 Å². The van der Waals surface area contributed by atoms with Crippen LogP contribution in [0.3, 0.4) is 0 Å². The highest BCUT2D eigenvalue weighted by Crippen LogP contribution is 2.09. The van der Waals surface area contributed by atoms with Crippen molar-refractivity contribution in [1.82, 2.24) is 10.3 Å². The van der Waals surface area contributed by atoms with E-state index in [2.05, 4.69) is 29.6 Å². The number of hydrazine groups is 1. The molecule has 0 aliphatic carbocycles. The third kappa shape index (κ3) is 6.52. The Hall–Kier alpha value is -1.62. The molecule has 0 aliphatic rings. The van der Waals surface area contributed by atoms with E-state index in [0.717, 1.165) is 18.8 Å². The summed E-state index contributed by atoms with van der Waals surface area (Å²) >= 11 is 0. The average molecular weight is 278 g/mol. The summed E-state index contributed by atoms with van der Waals surface area (Å²) in [6, 6.07) is 3.35. The first kappa shape index (κ1) is 16.4. The first-order valence-corrected chi connectivity index (χ1v) is 7.34. The lowest BCUT2D eigenvalue weighted by Gasteiger charge is -2.07. The van der Waals surface area contributed by atoms with Crippen molar-refractivity contribution in [3.63, 3.8) is 0 Å². The maximum atomic E-state index is 11.8. The number of aromatic nitrogens is 1. The molecule has 1 rings (SSSR count). The molecule has 0 saturated carbocycles. The molecule has 1 amide bonds. The number of rotatable bonds is 9. The van der Waals surface area contributed by atoms with E-state index in [1.54, 1.807) is 18.3 Å². The summed E-state index contributed by atoms with van der Waals surface area (Å²) < 4.78 is 0. The number of hydrogen-bond donors (Lipinski definition) is 3. The zero-order chi connectivity index (χ0) is 14.8. The van der Waals surface area contributed by atoms with Crippen molar-refractivity contribution in [3.05, 3.63) is 24.0 Å². The van der Waals surface area contributed by atoms with Crippen LogP contribution in [-0.4, -0.2) is 17.4 Å². The van der Waals surface area contributed by atoms with Gasteiger partial charge in [-0.15, -0.1) is 0 Å². The Morgan fingerprint density at radius 3 is 2.75 bits per heavy atom. The quantitative estimate of drug-likeness (QED) is 0.368. The molecule has 1 aromatic heterocycles. The summed E-state index contributed by atoms with van der Waals surface area (Å²) in [5, 5.41) is 2.88. The van der Waals surface area contributed by atoms with Crippen molar-refractivity contribution in [2.75, 3.05) is 12.0 Å². The van der Waals surface area contributed by atoms with Crippen LogP contribution in [0.2, 0.25) is 0 Å². The summed E-state index contributed by atoms with van der Waals surface area (Å²) in [4.78, 5) is 15.9. The van der Waals surface area contributed by atoms with Gasteiger partial charge in [-0.2, -0.15) is 0 Å². The van der Waals surface area contributed by atoms with Crippen LogP contribution in [-0.2, 0) is 0 Å². The average Bonchev–Trinajstić information content (AvgIpc) is 2.45. The Morgan fingerprint density at radius 1 is 1.30 bits per heavy atom. The van der Waals surface area contributed by atoms with Gasteiger partial charge in [0.2, 0.25) is 0 Å². The number of carbonyl (C=O) groups is 1. The Balaban J connectivity index is 2.16. The molecule has 0 saturated heterocycles. The number of nitrogens with two attached hydrogens (primary N) is 1. The van der Waals surface area contributed by atoms with Gasteiger partial charge in [0.25, 0.3) is 5.91 Å². The van der Waals surface area contributed by atoms with Crippen LogP contribution in [0.1, 0.15) is 56.4 Å². The Bertz CT molecular complexity index is 407. The molecule has 0 aliphatic heterocycles. The van der Waals surface area contributed by atoms with E-state index in [9.17, 15) is 4.79 Å². The molecule has 0 bridgehead atoms. The summed E-state index contributed by atoms with van der Waals surface area (Å²) in [7, 11) is 0.